The molecule has 0 aliphatic heterocycles. The van der Waals surface area contributed by atoms with Crippen LogP contribution in [0.25, 0.3) is 0 Å². The second-order valence-corrected chi connectivity index (χ2v) is 6.11. The molecule has 3 rings (SSSR count). The van der Waals surface area contributed by atoms with Crippen molar-refractivity contribution in [2.24, 2.45) is 17.3 Å². The van der Waals surface area contributed by atoms with Crippen LogP contribution in [0.3, 0.4) is 0 Å². The SMILES string of the molecule is CCOC1CC(NC(=O)C2CC2C(=O)O)C12CCC2. The number of carboxylic acid groups (broad SMARTS) is 1. The zero-order valence-electron chi connectivity index (χ0n) is 11.2. The summed E-state index contributed by atoms with van der Waals surface area (Å²) < 4.78 is 5.74. The molecule has 0 aromatic carbocycles. The number of hydrogen-bond donors (Lipinski definition) is 2. The third-order valence-corrected chi connectivity index (χ3v) is 5.20. The number of rotatable bonds is 5. The Morgan fingerprint density at radius 2 is 2.05 bits per heavy atom. The number of amides is 1. The molecule has 0 saturated heterocycles. The number of carbonyl (C=O) groups excluding carboxylic acids is 1. The molecule has 1 amide bonds. The van der Waals surface area contributed by atoms with Crippen molar-refractivity contribution in [1.82, 2.24) is 5.32 Å². The zero-order chi connectivity index (χ0) is 13.6. The molecule has 4 unspecified atom stereocenters. The Hall–Kier alpha value is -1.10. The van der Waals surface area contributed by atoms with Crippen LogP contribution in [0.1, 0.15) is 39.0 Å². The van der Waals surface area contributed by atoms with E-state index in [0.717, 1.165) is 25.9 Å². The van der Waals surface area contributed by atoms with E-state index >= 15 is 0 Å². The predicted molar refractivity (Wildman–Crippen MR) is 67.5 cm³/mol. The smallest absolute Gasteiger partial charge is 0.307 e. The number of carboxylic acids is 1. The van der Waals surface area contributed by atoms with E-state index in [1.807, 2.05) is 6.92 Å². The van der Waals surface area contributed by atoms with Crippen molar-refractivity contribution in [3.05, 3.63) is 0 Å². The summed E-state index contributed by atoms with van der Waals surface area (Å²) in [7, 11) is 0. The average Bonchev–Trinajstić information content (AvgIpc) is 3.04. The van der Waals surface area contributed by atoms with Crippen LogP contribution >= 0.6 is 0 Å². The van der Waals surface area contributed by atoms with Gasteiger partial charge in [-0.3, -0.25) is 9.59 Å². The maximum absolute atomic E-state index is 12.0. The van der Waals surface area contributed by atoms with Crippen molar-refractivity contribution in [2.75, 3.05) is 6.61 Å². The molecule has 1 spiro atoms. The highest BCUT2D eigenvalue weighted by molar-refractivity contribution is 5.89. The van der Waals surface area contributed by atoms with Crippen LogP contribution in [0.2, 0.25) is 0 Å². The zero-order valence-corrected chi connectivity index (χ0v) is 11.2. The van der Waals surface area contributed by atoms with Crippen molar-refractivity contribution in [1.29, 1.82) is 0 Å². The topological polar surface area (TPSA) is 75.6 Å². The van der Waals surface area contributed by atoms with Crippen LogP contribution in [-0.2, 0) is 14.3 Å². The van der Waals surface area contributed by atoms with Crippen LogP contribution < -0.4 is 5.32 Å². The van der Waals surface area contributed by atoms with Gasteiger partial charge in [-0.25, -0.2) is 0 Å². The summed E-state index contributed by atoms with van der Waals surface area (Å²) in [5.74, 6) is -1.68. The molecule has 106 valence electrons. The first-order valence-electron chi connectivity index (χ1n) is 7.23. The van der Waals surface area contributed by atoms with Crippen molar-refractivity contribution in [2.45, 2.75) is 51.2 Å². The van der Waals surface area contributed by atoms with E-state index in [4.69, 9.17) is 9.84 Å². The van der Waals surface area contributed by atoms with Crippen LogP contribution in [0.5, 0.6) is 0 Å². The second kappa shape index (κ2) is 4.47. The second-order valence-electron chi connectivity index (χ2n) is 6.11. The van der Waals surface area contributed by atoms with Gasteiger partial charge in [0, 0.05) is 18.1 Å². The Bertz CT molecular complexity index is 404. The summed E-state index contributed by atoms with van der Waals surface area (Å²) in [4.78, 5) is 22.8. The molecule has 0 aromatic rings. The van der Waals surface area contributed by atoms with E-state index in [-0.39, 0.29) is 29.4 Å². The predicted octanol–water partition coefficient (Wildman–Crippen LogP) is 1.17. The Balaban J connectivity index is 1.54. The largest absolute Gasteiger partial charge is 0.481 e. The molecule has 2 N–H and O–H groups in total. The summed E-state index contributed by atoms with van der Waals surface area (Å²) in [5.41, 5.74) is 0.152. The lowest BCUT2D eigenvalue weighted by Gasteiger charge is -2.61. The molecule has 3 aliphatic rings. The molecule has 0 heterocycles. The van der Waals surface area contributed by atoms with E-state index in [0.29, 0.717) is 6.42 Å². The van der Waals surface area contributed by atoms with E-state index < -0.39 is 11.9 Å². The van der Waals surface area contributed by atoms with E-state index in [1.54, 1.807) is 0 Å². The molecule has 0 radical (unpaired) electrons. The van der Waals surface area contributed by atoms with Gasteiger partial charge in [0.1, 0.15) is 0 Å². The van der Waals surface area contributed by atoms with Crippen LogP contribution in [-0.4, -0.2) is 35.7 Å². The lowest BCUT2D eigenvalue weighted by atomic mass is 9.51. The number of ether oxygens (including phenoxy) is 1. The molecule has 0 aromatic heterocycles. The Morgan fingerprint density at radius 1 is 1.32 bits per heavy atom. The molecular formula is C14H21NO4. The highest BCUT2D eigenvalue weighted by Gasteiger charge is 2.60. The lowest BCUT2D eigenvalue weighted by Crippen LogP contribution is -2.67. The normalized spacial score (nSPS) is 38.2. The Morgan fingerprint density at radius 3 is 2.53 bits per heavy atom. The summed E-state index contributed by atoms with van der Waals surface area (Å²) in [6.07, 6.45) is 5.10. The number of carbonyl (C=O) groups is 2. The van der Waals surface area contributed by atoms with Crippen molar-refractivity contribution >= 4 is 11.9 Å². The van der Waals surface area contributed by atoms with E-state index in [2.05, 4.69) is 5.32 Å². The molecule has 5 nitrogen and oxygen atoms in total. The summed E-state index contributed by atoms with van der Waals surface area (Å²) in [6.45, 7) is 2.72. The minimum absolute atomic E-state index is 0.0707. The molecule has 3 aliphatic carbocycles. The quantitative estimate of drug-likeness (QED) is 0.784. The first kappa shape index (κ1) is 12.9. The molecular weight excluding hydrogens is 246 g/mol. The molecule has 3 fully saturated rings. The van der Waals surface area contributed by atoms with Gasteiger partial charge in [0.15, 0.2) is 0 Å². The number of hydrogen-bond acceptors (Lipinski definition) is 3. The van der Waals surface area contributed by atoms with Crippen molar-refractivity contribution in [3.8, 4) is 0 Å². The molecule has 3 saturated carbocycles. The summed E-state index contributed by atoms with van der Waals surface area (Å²) in [5, 5.41) is 11.9. The molecule has 5 heteroatoms. The van der Waals surface area contributed by atoms with Crippen molar-refractivity contribution < 1.29 is 19.4 Å². The molecule has 4 atom stereocenters. The lowest BCUT2D eigenvalue weighted by molar-refractivity contribution is -0.176. The van der Waals surface area contributed by atoms with Crippen LogP contribution in [0.4, 0.5) is 0 Å². The minimum Gasteiger partial charge on any atom is -0.481 e. The van der Waals surface area contributed by atoms with Gasteiger partial charge in [0.25, 0.3) is 0 Å². The number of nitrogens with one attached hydrogen (secondary N) is 1. The van der Waals surface area contributed by atoms with Crippen LogP contribution in [0.15, 0.2) is 0 Å². The minimum atomic E-state index is -0.848. The first-order chi connectivity index (χ1) is 9.08. The summed E-state index contributed by atoms with van der Waals surface area (Å²) in [6, 6.07) is 0.195. The van der Waals surface area contributed by atoms with Gasteiger partial charge in [-0.2, -0.15) is 0 Å². The van der Waals surface area contributed by atoms with E-state index in [1.165, 1.54) is 6.42 Å². The van der Waals surface area contributed by atoms with Gasteiger partial charge < -0.3 is 15.2 Å². The average molecular weight is 267 g/mol. The van der Waals surface area contributed by atoms with Gasteiger partial charge in [-0.05, 0) is 32.6 Å². The highest BCUT2D eigenvalue weighted by Crippen LogP contribution is 2.57. The molecule has 0 bridgehead atoms. The Kier molecular flexibility index (Phi) is 3.04. The van der Waals surface area contributed by atoms with Crippen molar-refractivity contribution in [3.63, 3.8) is 0 Å². The first-order valence-corrected chi connectivity index (χ1v) is 7.23. The fraction of sp³-hybridized carbons (Fsp3) is 0.857. The summed E-state index contributed by atoms with van der Waals surface area (Å²) >= 11 is 0. The van der Waals surface area contributed by atoms with Gasteiger partial charge >= 0.3 is 5.97 Å². The Labute approximate surface area is 112 Å². The monoisotopic (exact) mass is 267 g/mol. The maximum Gasteiger partial charge on any atom is 0.307 e. The van der Waals surface area contributed by atoms with E-state index in [9.17, 15) is 9.59 Å². The number of aliphatic carboxylic acids is 1. The van der Waals surface area contributed by atoms with Gasteiger partial charge in [-0.1, -0.05) is 6.42 Å². The van der Waals surface area contributed by atoms with Gasteiger partial charge in [0.2, 0.25) is 5.91 Å². The fourth-order valence-electron chi connectivity index (χ4n) is 3.68. The maximum atomic E-state index is 12.0. The fourth-order valence-corrected chi connectivity index (χ4v) is 3.68. The third-order valence-electron chi connectivity index (χ3n) is 5.20. The van der Waals surface area contributed by atoms with Gasteiger partial charge in [-0.15, -0.1) is 0 Å². The van der Waals surface area contributed by atoms with Crippen LogP contribution in [0, 0.1) is 17.3 Å². The third kappa shape index (κ3) is 1.95. The standard InChI is InChI=1S/C14H21NO4/c1-2-19-11-7-10(14(11)4-3-5-14)15-12(16)8-6-9(8)13(17)18/h8-11H,2-7H2,1H3,(H,15,16)(H,17,18). The molecule has 19 heavy (non-hydrogen) atoms. The van der Waals surface area contributed by atoms with Gasteiger partial charge in [0.05, 0.1) is 17.9 Å². The highest BCUT2D eigenvalue weighted by atomic mass is 16.5.